The fraction of sp³-hybridized carbons (Fsp3) is 1.00. The fourth-order valence-electron chi connectivity index (χ4n) is 1.24. The van der Waals surface area contributed by atoms with Crippen molar-refractivity contribution in [1.29, 1.82) is 0 Å². The van der Waals surface area contributed by atoms with Gasteiger partial charge in [-0.3, -0.25) is 0 Å². The summed E-state index contributed by atoms with van der Waals surface area (Å²) in [7, 11) is 0. The predicted octanol–water partition coefficient (Wildman–Crippen LogP) is 1.78. The van der Waals surface area contributed by atoms with Gasteiger partial charge in [0.15, 0.2) is 0 Å². The van der Waals surface area contributed by atoms with Gasteiger partial charge in [-0.05, 0) is 19.3 Å². The third kappa shape index (κ3) is 3.73. The van der Waals surface area contributed by atoms with Crippen molar-refractivity contribution in [2.75, 3.05) is 6.61 Å². The van der Waals surface area contributed by atoms with Gasteiger partial charge in [0, 0.05) is 12.6 Å². The maximum absolute atomic E-state index is 5.88. The Hall–Kier alpha value is -0.0800. The molecule has 1 unspecified atom stereocenters. The Labute approximate surface area is 70.1 Å². The third-order valence-corrected chi connectivity index (χ3v) is 1.91. The number of rotatable bonds is 5. The van der Waals surface area contributed by atoms with Crippen molar-refractivity contribution in [2.45, 2.75) is 46.3 Å². The van der Waals surface area contributed by atoms with E-state index in [1.165, 1.54) is 0 Å². The summed E-state index contributed by atoms with van der Waals surface area (Å²) in [5, 5.41) is 0. The van der Waals surface area contributed by atoms with Crippen LogP contribution < -0.4 is 5.73 Å². The largest absolute Gasteiger partial charge is 0.377 e. The highest BCUT2D eigenvalue weighted by Gasteiger charge is 2.19. The molecule has 0 radical (unpaired) electrons. The summed E-state index contributed by atoms with van der Waals surface area (Å²) in [6, 6.07) is 0.190. The van der Waals surface area contributed by atoms with Crippen molar-refractivity contribution in [3.8, 4) is 0 Å². The number of nitrogens with two attached hydrogens (primary N) is 1. The first-order valence-corrected chi connectivity index (χ1v) is 4.50. The maximum atomic E-state index is 5.88. The Kier molecular flexibility index (Phi) is 5.51. The molecule has 0 rings (SSSR count). The minimum absolute atomic E-state index is 0.190. The van der Waals surface area contributed by atoms with Gasteiger partial charge in [-0.25, -0.2) is 0 Å². The molecule has 0 saturated heterocycles. The highest BCUT2D eigenvalue weighted by molar-refractivity contribution is 4.74. The zero-order valence-electron chi connectivity index (χ0n) is 8.13. The lowest BCUT2D eigenvalue weighted by molar-refractivity contribution is 0.0119. The second kappa shape index (κ2) is 5.56. The summed E-state index contributed by atoms with van der Waals surface area (Å²) < 4.78 is 5.53. The van der Waals surface area contributed by atoms with Gasteiger partial charge < -0.3 is 10.5 Å². The fourth-order valence-corrected chi connectivity index (χ4v) is 1.24. The Bertz CT molecular complexity index is 93.6. The Morgan fingerprint density at radius 2 is 1.82 bits per heavy atom. The standard InChI is InChI=1S/C9H21NO/c1-5-8(10)9(7(3)4)11-6-2/h7-9H,5-6,10H2,1-4H3/t8-,9?/m0/s1. The zero-order chi connectivity index (χ0) is 8.85. The molecule has 0 aliphatic rings. The molecule has 11 heavy (non-hydrogen) atoms. The Morgan fingerprint density at radius 3 is 2.09 bits per heavy atom. The van der Waals surface area contributed by atoms with E-state index < -0.39 is 0 Å². The second-order valence-corrected chi connectivity index (χ2v) is 3.24. The summed E-state index contributed by atoms with van der Waals surface area (Å²) >= 11 is 0. The molecular formula is C9H21NO. The molecule has 0 aliphatic carbocycles. The van der Waals surface area contributed by atoms with Crippen molar-refractivity contribution >= 4 is 0 Å². The zero-order valence-corrected chi connectivity index (χ0v) is 8.13. The molecule has 0 bridgehead atoms. The Morgan fingerprint density at radius 1 is 1.27 bits per heavy atom. The second-order valence-electron chi connectivity index (χ2n) is 3.24. The van der Waals surface area contributed by atoms with E-state index >= 15 is 0 Å². The van der Waals surface area contributed by atoms with Gasteiger partial charge >= 0.3 is 0 Å². The number of hydrogen-bond acceptors (Lipinski definition) is 2. The molecule has 0 spiro atoms. The SMILES string of the molecule is CCOC(C(C)C)[C@@H](N)CC. The van der Waals surface area contributed by atoms with E-state index in [0.717, 1.165) is 13.0 Å². The highest BCUT2D eigenvalue weighted by Crippen LogP contribution is 2.11. The van der Waals surface area contributed by atoms with E-state index in [-0.39, 0.29) is 12.1 Å². The van der Waals surface area contributed by atoms with E-state index in [1.807, 2.05) is 6.92 Å². The molecule has 2 nitrogen and oxygen atoms in total. The predicted molar refractivity (Wildman–Crippen MR) is 48.5 cm³/mol. The van der Waals surface area contributed by atoms with E-state index in [1.54, 1.807) is 0 Å². The first-order valence-electron chi connectivity index (χ1n) is 4.50. The van der Waals surface area contributed by atoms with E-state index in [4.69, 9.17) is 10.5 Å². The third-order valence-electron chi connectivity index (χ3n) is 1.91. The van der Waals surface area contributed by atoms with Gasteiger partial charge in [0.2, 0.25) is 0 Å². The first-order chi connectivity index (χ1) is 5.13. The summed E-state index contributed by atoms with van der Waals surface area (Å²) in [5.41, 5.74) is 5.88. The van der Waals surface area contributed by atoms with E-state index in [0.29, 0.717) is 5.92 Å². The average molecular weight is 159 g/mol. The lowest BCUT2D eigenvalue weighted by Crippen LogP contribution is -2.39. The highest BCUT2D eigenvalue weighted by atomic mass is 16.5. The van der Waals surface area contributed by atoms with Gasteiger partial charge in [0.1, 0.15) is 0 Å². The van der Waals surface area contributed by atoms with Crippen LogP contribution in [-0.4, -0.2) is 18.8 Å². The molecular weight excluding hydrogens is 138 g/mol. The van der Waals surface area contributed by atoms with Crippen LogP contribution in [0.3, 0.4) is 0 Å². The lowest BCUT2D eigenvalue weighted by Gasteiger charge is -2.26. The summed E-state index contributed by atoms with van der Waals surface area (Å²) in [6.07, 6.45) is 1.22. The minimum atomic E-state index is 0.190. The van der Waals surface area contributed by atoms with Crippen LogP contribution in [0.1, 0.15) is 34.1 Å². The van der Waals surface area contributed by atoms with Crippen LogP contribution in [-0.2, 0) is 4.74 Å². The first kappa shape index (κ1) is 10.9. The van der Waals surface area contributed by atoms with Crippen LogP contribution in [0.15, 0.2) is 0 Å². The van der Waals surface area contributed by atoms with Gasteiger partial charge in [-0.2, -0.15) is 0 Å². The molecule has 0 aromatic carbocycles. The minimum Gasteiger partial charge on any atom is -0.377 e. The quantitative estimate of drug-likeness (QED) is 0.663. The van der Waals surface area contributed by atoms with E-state index in [2.05, 4.69) is 20.8 Å². The average Bonchev–Trinajstić information content (AvgIpc) is 1.98. The molecule has 0 aromatic rings. The van der Waals surface area contributed by atoms with Gasteiger partial charge in [0.05, 0.1) is 6.10 Å². The van der Waals surface area contributed by atoms with Gasteiger partial charge in [-0.1, -0.05) is 20.8 Å². The smallest absolute Gasteiger partial charge is 0.0748 e. The normalized spacial score (nSPS) is 16.9. The van der Waals surface area contributed by atoms with E-state index in [9.17, 15) is 0 Å². The van der Waals surface area contributed by atoms with Crippen LogP contribution in [0.4, 0.5) is 0 Å². The molecule has 0 aromatic heterocycles. The molecule has 0 amide bonds. The van der Waals surface area contributed by atoms with Crippen LogP contribution in [0.5, 0.6) is 0 Å². The van der Waals surface area contributed by atoms with Crippen molar-refractivity contribution in [1.82, 2.24) is 0 Å². The van der Waals surface area contributed by atoms with Crippen molar-refractivity contribution in [3.63, 3.8) is 0 Å². The maximum Gasteiger partial charge on any atom is 0.0748 e. The van der Waals surface area contributed by atoms with Crippen LogP contribution in [0, 0.1) is 5.92 Å². The van der Waals surface area contributed by atoms with Crippen LogP contribution in [0.25, 0.3) is 0 Å². The number of hydrogen-bond donors (Lipinski definition) is 1. The summed E-state index contributed by atoms with van der Waals surface area (Å²) in [5.74, 6) is 0.518. The lowest BCUT2D eigenvalue weighted by atomic mass is 9.98. The molecule has 2 atom stereocenters. The summed E-state index contributed by atoms with van der Waals surface area (Å²) in [4.78, 5) is 0. The molecule has 0 saturated carbocycles. The number of ether oxygens (including phenoxy) is 1. The summed E-state index contributed by atoms with van der Waals surface area (Å²) in [6.45, 7) is 9.17. The molecule has 0 heterocycles. The van der Waals surface area contributed by atoms with Crippen LogP contribution in [0.2, 0.25) is 0 Å². The topological polar surface area (TPSA) is 35.2 Å². The molecule has 2 heteroatoms. The van der Waals surface area contributed by atoms with Crippen molar-refractivity contribution in [3.05, 3.63) is 0 Å². The molecule has 2 N–H and O–H groups in total. The molecule has 0 fully saturated rings. The van der Waals surface area contributed by atoms with Crippen LogP contribution >= 0.6 is 0 Å². The molecule has 0 aliphatic heterocycles. The van der Waals surface area contributed by atoms with Crippen molar-refractivity contribution in [2.24, 2.45) is 11.7 Å². The van der Waals surface area contributed by atoms with Gasteiger partial charge in [0.25, 0.3) is 0 Å². The molecule has 68 valence electrons. The monoisotopic (exact) mass is 159 g/mol. The van der Waals surface area contributed by atoms with Crippen molar-refractivity contribution < 1.29 is 4.74 Å². The Balaban J connectivity index is 3.87. The van der Waals surface area contributed by atoms with Gasteiger partial charge in [-0.15, -0.1) is 0 Å².